The maximum absolute atomic E-state index is 5.49. The van der Waals surface area contributed by atoms with Gasteiger partial charge in [0.15, 0.2) is 17.5 Å². The molecule has 0 saturated carbocycles. The first-order chi connectivity index (χ1) is 34.2. The molecule has 13 rings (SSSR count). The summed E-state index contributed by atoms with van der Waals surface area (Å²) in [6, 6.07) is 88.3. The molecule has 0 atom stereocenters. The fraction of sp³-hybridized carbons (Fsp3) is 0. The largest absolute Gasteiger partial charge is 0.310 e. The van der Waals surface area contributed by atoms with E-state index in [2.05, 4.69) is 240 Å². The molecule has 0 N–H and O–H groups in total. The molecule has 0 bridgehead atoms. The maximum Gasteiger partial charge on any atom is 0.164 e. The minimum absolute atomic E-state index is 0.594. The number of hydrogen-bond acceptors (Lipinski definition) is 5. The highest BCUT2D eigenvalue weighted by atomic mass is 32.1. The van der Waals surface area contributed by atoms with E-state index in [-0.39, 0.29) is 0 Å². The van der Waals surface area contributed by atoms with Crippen LogP contribution < -0.4 is 4.90 Å². The van der Waals surface area contributed by atoms with Gasteiger partial charge in [-0.1, -0.05) is 182 Å². The van der Waals surface area contributed by atoms with Crippen LogP contribution in [0.5, 0.6) is 0 Å². The minimum Gasteiger partial charge on any atom is -0.310 e. The van der Waals surface area contributed by atoms with Crippen LogP contribution in [0.1, 0.15) is 0 Å². The van der Waals surface area contributed by atoms with E-state index in [9.17, 15) is 0 Å². The molecule has 0 fully saturated rings. The molecule has 69 heavy (non-hydrogen) atoms. The van der Waals surface area contributed by atoms with Crippen LogP contribution >= 0.6 is 11.3 Å². The molecule has 0 unspecified atom stereocenters. The van der Waals surface area contributed by atoms with Crippen molar-refractivity contribution in [1.29, 1.82) is 0 Å². The van der Waals surface area contributed by atoms with Gasteiger partial charge in [-0.3, -0.25) is 0 Å². The molecule has 0 saturated heterocycles. The van der Waals surface area contributed by atoms with E-state index in [0.717, 1.165) is 72.4 Å². The molecular formula is C63H41N5S. The lowest BCUT2D eigenvalue weighted by atomic mass is 10.0. The lowest BCUT2D eigenvalue weighted by molar-refractivity contribution is 1.08. The van der Waals surface area contributed by atoms with Crippen molar-refractivity contribution in [3.05, 3.63) is 249 Å². The second kappa shape index (κ2) is 17.0. The molecule has 3 heterocycles. The van der Waals surface area contributed by atoms with Gasteiger partial charge < -0.3 is 9.47 Å². The average molecular weight is 900 g/mol. The monoisotopic (exact) mass is 899 g/mol. The van der Waals surface area contributed by atoms with Crippen LogP contribution in [0.25, 0.3) is 104 Å². The van der Waals surface area contributed by atoms with Crippen LogP contribution in [0.4, 0.5) is 17.1 Å². The molecule has 324 valence electrons. The Balaban J connectivity index is 1.09. The van der Waals surface area contributed by atoms with Gasteiger partial charge in [-0.05, 0) is 89.0 Å². The van der Waals surface area contributed by atoms with Crippen molar-refractivity contribution in [3.8, 4) is 62.1 Å². The van der Waals surface area contributed by atoms with Gasteiger partial charge in [-0.15, -0.1) is 11.3 Å². The van der Waals surface area contributed by atoms with Crippen molar-refractivity contribution in [2.75, 3.05) is 4.90 Å². The van der Waals surface area contributed by atoms with Crippen molar-refractivity contribution in [1.82, 2.24) is 19.5 Å². The lowest BCUT2D eigenvalue weighted by Crippen LogP contribution is -2.11. The number of hydrogen-bond donors (Lipinski definition) is 0. The molecule has 0 spiro atoms. The summed E-state index contributed by atoms with van der Waals surface area (Å²) in [4.78, 5) is 18.5. The Morgan fingerprint density at radius 3 is 1.43 bits per heavy atom. The molecule has 0 radical (unpaired) electrons. The Labute approximate surface area is 403 Å². The summed E-state index contributed by atoms with van der Waals surface area (Å²) >= 11 is 1.80. The third kappa shape index (κ3) is 7.31. The SMILES string of the molecule is c1ccc(-c2ccc(N(c3ccc(-c4ccccc4)cc3)c3cc(-c4nc(-c5ccccc5)nc(-c5ccc6c(c5)sc5ccccc56)n4)c4c5ccccc5n(-c5ccccc5)c4c3)cc2)cc1. The molecule has 0 amide bonds. The van der Waals surface area contributed by atoms with E-state index in [0.29, 0.717) is 17.5 Å². The molecule has 10 aromatic carbocycles. The normalized spacial score (nSPS) is 11.5. The summed E-state index contributed by atoms with van der Waals surface area (Å²) in [5.41, 5.74) is 13.6. The van der Waals surface area contributed by atoms with Gasteiger partial charge in [0, 0.05) is 70.4 Å². The van der Waals surface area contributed by atoms with Crippen molar-refractivity contribution in [2.45, 2.75) is 0 Å². The van der Waals surface area contributed by atoms with Gasteiger partial charge in [0.1, 0.15) is 0 Å². The fourth-order valence-corrected chi connectivity index (χ4v) is 10.9. The van der Waals surface area contributed by atoms with Gasteiger partial charge in [0.2, 0.25) is 0 Å². The van der Waals surface area contributed by atoms with Gasteiger partial charge in [-0.25, -0.2) is 15.0 Å². The molecule has 0 aliphatic carbocycles. The van der Waals surface area contributed by atoms with Crippen LogP contribution in [0.15, 0.2) is 249 Å². The van der Waals surface area contributed by atoms with E-state index in [1.165, 1.54) is 31.3 Å². The summed E-state index contributed by atoms with van der Waals surface area (Å²) < 4.78 is 4.83. The highest BCUT2D eigenvalue weighted by molar-refractivity contribution is 7.25. The average Bonchev–Trinajstić information content (AvgIpc) is 3.97. The second-order valence-electron chi connectivity index (χ2n) is 17.2. The third-order valence-corrected chi connectivity index (χ3v) is 14.2. The first-order valence-electron chi connectivity index (χ1n) is 23.2. The van der Waals surface area contributed by atoms with Crippen LogP contribution in [0.3, 0.4) is 0 Å². The number of nitrogens with zero attached hydrogens (tertiary/aromatic N) is 5. The molecular weight excluding hydrogens is 859 g/mol. The van der Waals surface area contributed by atoms with Gasteiger partial charge in [0.05, 0.1) is 11.0 Å². The van der Waals surface area contributed by atoms with Crippen molar-refractivity contribution in [2.24, 2.45) is 0 Å². The van der Waals surface area contributed by atoms with E-state index in [1.54, 1.807) is 11.3 Å². The summed E-state index contributed by atoms with van der Waals surface area (Å²) in [6.45, 7) is 0. The number of para-hydroxylation sites is 2. The Morgan fingerprint density at radius 2 is 0.797 bits per heavy atom. The number of fused-ring (bicyclic) bond motifs is 6. The highest BCUT2D eigenvalue weighted by Crippen LogP contribution is 2.45. The Kier molecular flexibility index (Phi) is 9.95. The number of aromatic nitrogens is 4. The first kappa shape index (κ1) is 40.3. The van der Waals surface area contributed by atoms with Crippen LogP contribution in [-0.4, -0.2) is 19.5 Å². The lowest BCUT2D eigenvalue weighted by Gasteiger charge is -2.27. The molecule has 3 aromatic heterocycles. The number of benzene rings is 10. The Hall–Kier alpha value is -8.97. The standard InChI is InChI=1S/C63H41N5S/c1-5-17-42(18-6-1)44-29-34-49(35-30-44)67(50-36-31-45(32-37-50)43-19-7-2-8-20-43)51-40-55(60-54-26-13-15-27-56(54)68(57(60)41-51)48-23-11-4-12-24-48)63-65-61(46-21-9-3-10-22-46)64-62(66-63)47-33-38-53-52-25-14-16-28-58(52)69-59(53)39-47/h1-41H. The predicted octanol–water partition coefficient (Wildman–Crippen LogP) is 17.1. The number of thiophene rings is 1. The van der Waals surface area contributed by atoms with Crippen molar-refractivity contribution >= 4 is 70.4 Å². The zero-order chi connectivity index (χ0) is 45.7. The number of rotatable bonds is 9. The van der Waals surface area contributed by atoms with Gasteiger partial charge in [0.25, 0.3) is 0 Å². The Bertz CT molecular complexity index is 3900. The second-order valence-corrected chi connectivity index (χ2v) is 18.3. The van der Waals surface area contributed by atoms with E-state index in [4.69, 9.17) is 15.0 Å². The molecule has 0 aliphatic rings. The summed E-state index contributed by atoms with van der Waals surface area (Å²) in [5, 5.41) is 4.66. The van der Waals surface area contributed by atoms with Gasteiger partial charge >= 0.3 is 0 Å². The van der Waals surface area contributed by atoms with Crippen LogP contribution in [-0.2, 0) is 0 Å². The summed E-state index contributed by atoms with van der Waals surface area (Å²) in [6.07, 6.45) is 0. The maximum atomic E-state index is 5.49. The smallest absolute Gasteiger partial charge is 0.164 e. The summed E-state index contributed by atoms with van der Waals surface area (Å²) in [7, 11) is 0. The molecule has 5 nitrogen and oxygen atoms in total. The minimum atomic E-state index is 0.594. The molecule has 6 heteroatoms. The van der Waals surface area contributed by atoms with Crippen molar-refractivity contribution < 1.29 is 0 Å². The third-order valence-electron chi connectivity index (χ3n) is 13.0. The van der Waals surface area contributed by atoms with E-state index in [1.807, 2.05) is 18.2 Å². The highest BCUT2D eigenvalue weighted by Gasteiger charge is 2.24. The van der Waals surface area contributed by atoms with Crippen molar-refractivity contribution in [3.63, 3.8) is 0 Å². The fourth-order valence-electron chi connectivity index (χ4n) is 9.76. The topological polar surface area (TPSA) is 46.8 Å². The zero-order valence-electron chi connectivity index (χ0n) is 37.3. The van der Waals surface area contributed by atoms with Crippen LogP contribution in [0, 0.1) is 0 Å². The predicted molar refractivity (Wildman–Crippen MR) is 289 cm³/mol. The molecule has 13 aromatic rings. The first-order valence-corrected chi connectivity index (χ1v) is 24.0. The molecule has 0 aliphatic heterocycles. The van der Waals surface area contributed by atoms with E-state index < -0.39 is 0 Å². The summed E-state index contributed by atoms with van der Waals surface area (Å²) in [5.74, 6) is 1.83. The quantitative estimate of drug-likeness (QED) is 0.145. The Morgan fingerprint density at radius 1 is 0.319 bits per heavy atom. The van der Waals surface area contributed by atoms with Crippen LogP contribution in [0.2, 0.25) is 0 Å². The zero-order valence-corrected chi connectivity index (χ0v) is 38.1. The van der Waals surface area contributed by atoms with Gasteiger partial charge in [-0.2, -0.15) is 0 Å². The number of anilines is 3. The van der Waals surface area contributed by atoms with E-state index >= 15 is 0 Å².